The Kier molecular flexibility index (Phi) is 3.63. The molecular formula is C14H10BrFN2. The van der Waals surface area contributed by atoms with Gasteiger partial charge in [-0.25, -0.2) is 4.39 Å². The summed E-state index contributed by atoms with van der Waals surface area (Å²) in [6, 6.07) is 12.0. The van der Waals surface area contributed by atoms with E-state index in [4.69, 9.17) is 5.26 Å². The molecule has 0 aliphatic carbocycles. The van der Waals surface area contributed by atoms with Crippen molar-refractivity contribution in [2.45, 2.75) is 6.92 Å². The highest BCUT2D eigenvalue weighted by molar-refractivity contribution is 9.10. The van der Waals surface area contributed by atoms with Crippen molar-refractivity contribution < 1.29 is 4.39 Å². The molecule has 0 radical (unpaired) electrons. The predicted molar refractivity (Wildman–Crippen MR) is 73.3 cm³/mol. The summed E-state index contributed by atoms with van der Waals surface area (Å²) in [6.45, 7) is 1.96. The van der Waals surface area contributed by atoms with Gasteiger partial charge in [-0.2, -0.15) is 5.26 Å². The van der Waals surface area contributed by atoms with E-state index < -0.39 is 5.82 Å². The van der Waals surface area contributed by atoms with Crippen LogP contribution >= 0.6 is 15.9 Å². The second kappa shape index (κ2) is 5.19. The van der Waals surface area contributed by atoms with E-state index in [-0.39, 0.29) is 0 Å². The highest BCUT2D eigenvalue weighted by atomic mass is 79.9. The van der Waals surface area contributed by atoms with Gasteiger partial charge in [0.05, 0.1) is 17.3 Å². The van der Waals surface area contributed by atoms with E-state index in [2.05, 4.69) is 21.2 Å². The lowest BCUT2D eigenvalue weighted by atomic mass is 10.2. The maximum absolute atomic E-state index is 13.7. The topological polar surface area (TPSA) is 35.8 Å². The largest absolute Gasteiger partial charge is 0.353 e. The number of anilines is 2. The molecule has 0 aliphatic heterocycles. The van der Waals surface area contributed by atoms with Crippen molar-refractivity contribution in [2.75, 3.05) is 5.32 Å². The van der Waals surface area contributed by atoms with Gasteiger partial charge in [0.2, 0.25) is 0 Å². The Labute approximate surface area is 113 Å². The fourth-order valence-corrected chi connectivity index (χ4v) is 2.26. The molecule has 0 atom stereocenters. The van der Waals surface area contributed by atoms with Crippen LogP contribution < -0.4 is 5.32 Å². The summed E-state index contributed by atoms with van der Waals surface area (Å²) in [5.41, 5.74) is 2.53. The minimum Gasteiger partial charge on any atom is -0.353 e. The van der Waals surface area contributed by atoms with E-state index in [0.717, 1.165) is 15.7 Å². The molecule has 2 rings (SSSR count). The van der Waals surface area contributed by atoms with Crippen molar-refractivity contribution >= 4 is 27.3 Å². The number of nitriles is 1. The molecule has 2 aromatic rings. The van der Waals surface area contributed by atoms with Gasteiger partial charge in [0.15, 0.2) is 0 Å². The molecule has 0 saturated carbocycles. The lowest BCUT2D eigenvalue weighted by Gasteiger charge is -2.09. The van der Waals surface area contributed by atoms with Gasteiger partial charge in [-0.3, -0.25) is 0 Å². The highest BCUT2D eigenvalue weighted by Gasteiger charge is 2.04. The van der Waals surface area contributed by atoms with Crippen LogP contribution in [0, 0.1) is 24.1 Å². The summed E-state index contributed by atoms with van der Waals surface area (Å²) in [7, 11) is 0. The van der Waals surface area contributed by atoms with Gasteiger partial charge in [-0.15, -0.1) is 0 Å². The summed E-state index contributed by atoms with van der Waals surface area (Å²) in [5.74, 6) is -0.438. The quantitative estimate of drug-likeness (QED) is 0.886. The number of hydrogen-bond donors (Lipinski definition) is 1. The van der Waals surface area contributed by atoms with Crippen LogP contribution in [0.3, 0.4) is 0 Å². The van der Waals surface area contributed by atoms with Crippen LogP contribution in [0.2, 0.25) is 0 Å². The van der Waals surface area contributed by atoms with Gasteiger partial charge < -0.3 is 5.32 Å². The fourth-order valence-electron chi connectivity index (χ4n) is 1.65. The number of aryl methyl sites for hydroxylation is 1. The Balaban J connectivity index is 2.31. The summed E-state index contributed by atoms with van der Waals surface area (Å²) >= 11 is 3.39. The Morgan fingerprint density at radius 2 is 2.00 bits per heavy atom. The third kappa shape index (κ3) is 2.88. The average Bonchev–Trinajstić information content (AvgIpc) is 2.30. The van der Waals surface area contributed by atoms with E-state index in [0.29, 0.717) is 11.3 Å². The maximum atomic E-state index is 13.7. The molecular weight excluding hydrogens is 295 g/mol. The molecule has 0 bridgehead atoms. The molecule has 0 saturated heterocycles. The van der Waals surface area contributed by atoms with E-state index in [9.17, 15) is 4.39 Å². The zero-order chi connectivity index (χ0) is 13.1. The van der Waals surface area contributed by atoms with Crippen LogP contribution in [0.5, 0.6) is 0 Å². The Bertz CT molecular complexity index is 612. The van der Waals surface area contributed by atoms with Crippen LogP contribution in [0.4, 0.5) is 15.8 Å². The van der Waals surface area contributed by atoms with Crippen molar-refractivity contribution in [3.05, 3.63) is 57.8 Å². The zero-order valence-electron chi connectivity index (χ0n) is 9.67. The van der Waals surface area contributed by atoms with Crippen molar-refractivity contribution in [1.82, 2.24) is 0 Å². The molecule has 0 unspecified atom stereocenters. The van der Waals surface area contributed by atoms with E-state index in [1.165, 1.54) is 6.07 Å². The van der Waals surface area contributed by atoms with E-state index in [1.54, 1.807) is 12.1 Å². The second-order valence-corrected chi connectivity index (χ2v) is 4.86. The number of hydrogen-bond acceptors (Lipinski definition) is 2. The van der Waals surface area contributed by atoms with Crippen molar-refractivity contribution in [1.29, 1.82) is 5.26 Å². The number of rotatable bonds is 2. The monoisotopic (exact) mass is 304 g/mol. The summed E-state index contributed by atoms with van der Waals surface area (Å²) in [5, 5.41) is 11.7. The van der Waals surface area contributed by atoms with Gasteiger partial charge >= 0.3 is 0 Å². The lowest BCUT2D eigenvalue weighted by Crippen LogP contribution is -1.95. The van der Waals surface area contributed by atoms with Gasteiger partial charge in [-0.05, 0) is 48.9 Å². The van der Waals surface area contributed by atoms with Gasteiger partial charge in [-0.1, -0.05) is 15.9 Å². The predicted octanol–water partition coefficient (Wildman–Crippen LogP) is 4.51. The first kappa shape index (κ1) is 12.6. The number of benzene rings is 2. The summed E-state index contributed by atoms with van der Waals surface area (Å²) in [4.78, 5) is 0. The van der Waals surface area contributed by atoms with Gasteiger partial charge in [0.25, 0.3) is 0 Å². The molecule has 18 heavy (non-hydrogen) atoms. The molecule has 0 amide bonds. The van der Waals surface area contributed by atoms with Crippen LogP contribution in [0.15, 0.2) is 40.9 Å². The lowest BCUT2D eigenvalue weighted by molar-refractivity contribution is 0.631. The first-order valence-electron chi connectivity index (χ1n) is 5.32. The molecule has 0 spiro atoms. The minimum absolute atomic E-state index is 0.309. The molecule has 0 fully saturated rings. The first-order chi connectivity index (χ1) is 8.58. The fraction of sp³-hybridized carbons (Fsp3) is 0.0714. The summed E-state index contributed by atoms with van der Waals surface area (Å²) in [6.07, 6.45) is 0. The second-order valence-electron chi connectivity index (χ2n) is 3.95. The average molecular weight is 305 g/mol. The first-order valence-corrected chi connectivity index (χ1v) is 6.11. The molecule has 0 heterocycles. The minimum atomic E-state index is -0.438. The van der Waals surface area contributed by atoms with Gasteiger partial charge in [0, 0.05) is 10.2 Å². The van der Waals surface area contributed by atoms with Crippen molar-refractivity contribution in [3.8, 4) is 6.07 Å². The Morgan fingerprint density at radius 3 is 2.61 bits per heavy atom. The number of nitrogens with zero attached hydrogens (tertiary/aromatic N) is 1. The third-order valence-electron chi connectivity index (χ3n) is 2.42. The van der Waals surface area contributed by atoms with Crippen LogP contribution in [0.1, 0.15) is 11.1 Å². The Morgan fingerprint density at radius 1 is 1.22 bits per heavy atom. The van der Waals surface area contributed by atoms with Crippen LogP contribution in [-0.2, 0) is 0 Å². The molecule has 2 nitrogen and oxygen atoms in total. The smallest absolute Gasteiger partial charge is 0.147 e. The molecule has 0 aromatic heterocycles. The standard InChI is InChI=1S/C14H10BrFN2/c1-9-4-11(15)7-12(5-9)18-14-3-2-10(8-17)6-13(14)16/h2-7,18H,1H3. The Hall–Kier alpha value is -1.86. The van der Waals surface area contributed by atoms with E-state index >= 15 is 0 Å². The highest BCUT2D eigenvalue weighted by Crippen LogP contribution is 2.24. The molecule has 1 N–H and O–H groups in total. The number of halogens is 2. The third-order valence-corrected chi connectivity index (χ3v) is 2.88. The molecule has 90 valence electrons. The van der Waals surface area contributed by atoms with Crippen molar-refractivity contribution in [3.63, 3.8) is 0 Å². The molecule has 0 aliphatic rings. The SMILES string of the molecule is Cc1cc(Br)cc(Nc2ccc(C#N)cc2F)c1. The maximum Gasteiger partial charge on any atom is 0.147 e. The van der Waals surface area contributed by atoms with Crippen LogP contribution in [-0.4, -0.2) is 0 Å². The number of nitrogens with one attached hydrogen (secondary N) is 1. The normalized spacial score (nSPS) is 9.89. The van der Waals surface area contributed by atoms with Crippen LogP contribution in [0.25, 0.3) is 0 Å². The summed E-state index contributed by atoms with van der Waals surface area (Å²) < 4.78 is 14.6. The van der Waals surface area contributed by atoms with Crippen molar-refractivity contribution in [2.24, 2.45) is 0 Å². The zero-order valence-corrected chi connectivity index (χ0v) is 11.3. The van der Waals surface area contributed by atoms with E-state index in [1.807, 2.05) is 31.2 Å². The molecule has 2 aromatic carbocycles. The van der Waals surface area contributed by atoms with Gasteiger partial charge in [0.1, 0.15) is 5.82 Å². The molecule has 4 heteroatoms.